The van der Waals surface area contributed by atoms with Crippen molar-refractivity contribution in [3.8, 4) is 11.8 Å². The summed E-state index contributed by atoms with van der Waals surface area (Å²) in [6.45, 7) is 3.19. The smallest absolute Gasteiger partial charge is 0.414 e. The minimum absolute atomic E-state index is 0.221. The maximum atomic E-state index is 11.0. The SMILES string of the molecule is C1=CNOC=C1.O=C(O)N1CCN(c2ccc(OCC3CCn4cc([N+](=O)[O-])nc4O3)cc2)CC1. The van der Waals surface area contributed by atoms with Crippen molar-refractivity contribution in [2.75, 3.05) is 37.7 Å². The van der Waals surface area contributed by atoms with Crippen LogP contribution >= 0.6 is 0 Å². The second-order valence-corrected chi connectivity index (χ2v) is 7.85. The van der Waals surface area contributed by atoms with Gasteiger partial charge in [-0.15, -0.1) is 0 Å². The minimum Gasteiger partial charge on any atom is -0.490 e. The summed E-state index contributed by atoms with van der Waals surface area (Å²) in [7, 11) is 0. The number of aryl methyl sites for hydroxylation is 1. The summed E-state index contributed by atoms with van der Waals surface area (Å²) in [5.74, 6) is 0.475. The topological polar surface area (TPSA) is 144 Å². The molecule has 1 aromatic heterocycles. The number of fused-ring (bicyclic) bond motifs is 1. The average molecular weight is 486 g/mol. The molecule has 1 amide bonds. The number of piperazine rings is 1. The highest BCUT2D eigenvalue weighted by molar-refractivity contribution is 5.65. The molecule has 13 nitrogen and oxygen atoms in total. The predicted molar refractivity (Wildman–Crippen MR) is 124 cm³/mol. The van der Waals surface area contributed by atoms with Crippen molar-refractivity contribution in [2.45, 2.75) is 19.1 Å². The standard InChI is InChI=1S/C18H21N5O6.C4H5NO/c24-18(25)21-9-7-20(8-10-21)13-1-3-14(4-2-13)28-12-15-5-6-22-11-16(23(26)27)19-17(22)29-15;1-2-4-6-5-3-1/h1-4,11,15H,5-10,12H2,(H,24,25);1-5H. The molecule has 1 fully saturated rings. The molecule has 186 valence electrons. The number of nitrogens with one attached hydrogen (secondary N) is 1. The van der Waals surface area contributed by atoms with Crippen LogP contribution < -0.4 is 19.9 Å². The Labute approximate surface area is 200 Å². The van der Waals surface area contributed by atoms with Crippen LogP contribution in [-0.2, 0) is 11.4 Å². The Balaban J connectivity index is 0.000000421. The van der Waals surface area contributed by atoms with Crippen molar-refractivity contribution in [3.05, 3.63) is 65.2 Å². The maximum Gasteiger partial charge on any atom is 0.414 e. The summed E-state index contributed by atoms with van der Waals surface area (Å²) in [6, 6.07) is 7.88. The van der Waals surface area contributed by atoms with E-state index in [1.165, 1.54) is 11.1 Å². The quantitative estimate of drug-likeness (QED) is 0.477. The molecule has 0 saturated carbocycles. The number of benzene rings is 1. The van der Waals surface area contributed by atoms with Gasteiger partial charge in [-0.25, -0.2) is 10.3 Å². The molecular formula is C22H26N6O7. The van der Waals surface area contributed by atoms with Gasteiger partial charge in [-0.1, -0.05) is 0 Å². The lowest BCUT2D eigenvalue weighted by molar-refractivity contribution is -0.389. The lowest BCUT2D eigenvalue weighted by Crippen LogP contribution is -2.48. The highest BCUT2D eigenvalue weighted by Gasteiger charge is 2.28. The van der Waals surface area contributed by atoms with E-state index in [0.29, 0.717) is 51.5 Å². The first-order valence-electron chi connectivity index (χ1n) is 11.1. The van der Waals surface area contributed by atoms with Crippen LogP contribution in [0.2, 0.25) is 0 Å². The number of carbonyl (C=O) groups is 1. The third kappa shape index (κ3) is 6.34. The molecule has 3 aliphatic rings. The van der Waals surface area contributed by atoms with E-state index in [9.17, 15) is 14.9 Å². The molecule has 5 rings (SSSR count). The van der Waals surface area contributed by atoms with Crippen LogP contribution in [0.5, 0.6) is 11.8 Å². The molecule has 2 aromatic rings. The number of imidazole rings is 1. The van der Waals surface area contributed by atoms with Crippen molar-refractivity contribution in [1.29, 1.82) is 0 Å². The van der Waals surface area contributed by atoms with Crippen LogP contribution in [0.25, 0.3) is 0 Å². The first-order chi connectivity index (χ1) is 17.0. The monoisotopic (exact) mass is 486 g/mol. The minimum atomic E-state index is -0.879. The molecule has 13 heteroatoms. The second kappa shape index (κ2) is 11.1. The van der Waals surface area contributed by atoms with Crippen LogP contribution in [0.3, 0.4) is 0 Å². The zero-order chi connectivity index (χ0) is 24.6. The fourth-order valence-electron chi connectivity index (χ4n) is 3.69. The Hall–Kier alpha value is -4.42. The largest absolute Gasteiger partial charge is 0.490 e. The van der Waals surface area contributed by atoms with Crippen LogP contribution in [0, 0.1) is 10.1 Å². The van der Waals surface area contributed by atoms with Gasteiger partial charge in [0.1, 0.15) is 30.9 Å². The molecule has 3 aliphatic heterocycles. The van der Waals surface area contributed by atoms with E-state index in [1.807, 2.05) is 30.3 Å². The molecule has 1 unspecified atom stereocenters. The van der Waals surface area contributed by atoms with Crippen molar-refractivity contribution in [1.82, 2.24) is 19.9 Å². The third-order valence-electron chi connectivity index (χ3n) is 5.56. The number of anilines is 1. The van der Waals surface area contributed by atoms with Gasteiger partial charge in [-0.2, -0.15) is 0 Å². The predicted octanol–water partition coefficient (Wildman–Crippen LogP) is 2.37. The lowest BCUT2D eigenvalue weighted by Gasteiger charge is -2.34. The Kier molecular flexibility index (Phi) is 7.55. The van der Waals surface area contributed by atoms with E-state index in [1.54, 1.807) is 23.1 Å². The van der Waals surface area contributed by atoms with E-state index in [0.717, 1.165) is 5.69 Å². The molecule has 0 aliphatic carbocycles. The van der Waals surface area contributed by atoms with Gasteiger partial charge >= 0.3 is 17.9 Å². The normalized spacial score (nSPS) is 18.2. The first kappa shape index (κ1) is 23.7. The first-order valence-corrected chi connectivity index (χ1v) is 11.1. The van der Waals surface area contributed by atoms with E-state index in [2.05, 4.69) is 20.2 Å². The number of rotatable bonds is 5. The van der Waals surface area contributed by atoms with Gasteiger partial charge in [0.2, 0.25) is 0 Å². The van der Waals surface area contributed by atoms with Gasteiger partial charge in [-0.3, -0.25) is 4.57 Å². The lowest BCUT2D eigenvalue weighted by atomic mass is 10.2. The van der Waals surface area contributed by atoms with Crippen LogP contribution in [0.4, 0.5) is 16.3 Å². The fourth-order valence-corrected chi connectivity index (χ4v) is 3.69. The molecular weight excluding hydrogens is 460 g/mol. The molecule has 1 aromatic carbocycles. The molecule has 1 saturated heterocycles. The number of hydrogen-bond acceptors (Lipinski definition) is 9. The highest BCUT2D eigenvalue weighted by atomic mass is 16.6. The summed E-state index contributed by atoms with van der Waals surface area (Å²) >= 11 is 0. The molecule has 35 heavy (non-hydrogen) atoms. The maximum absolute atomic E-state index is 11.0. The number of hydroxylamine groups is 1. The number of hydrogen-bond donors (Lipinski definition) is 2. The van der Waals surface area contributed by atoms with Gasteiger partial charge < -0.3 is 39.3 Å². The van der Waals surface area contributed by atoms with Gasteiger partial charge in [0, 0.05) is 56.0 Å². The van der Waals surface area contributed by atoms with E-state index >= 15 is 0 Å². The summed E-state index contributed by atoms with van der Waals surface area (Å²) in [6.07, 6.45) is 7.87. The van der Waals surface area contributed by atoms with Gasteiger partial charge in [0.25, 0.3) is 0 Å². The van der Waals surface area contributed by atoms with E-state index in [4.69, 9.17) is 14.6 Å². The number of nitro groups is 1. The zero-order valence-electron chi connectivity index (χ0n) is 18.9. The summed E-state index contributed by atoms with van der Waals surface area (Å²) in [5, 5.41) is 19.8. The Morgan fingerprint density at radius 1 is 1.20 bits per heavy atom. The van der Waals surface area contributed by atoms with Gasteiger partial charge in [-0.05, 0) is 41.3 Å². The van der Waals surface area contributed by atoms with Crippen molar-refractivity contribution in [3.63, 3.8) is 0 Å². The van der Waals surface area contributed by atoms with Crippen LogP contribution in [0.1, 0.15) is 6.42 Å². The second-order valence-electron chi connectivity index (χ2n) is 7.85. The summed E-state index contributed by atoms with van der Waals surface area (Å²) in [4.78, 5) is 33.2. The highest BCUT2D eigenvalue weighted by Crippen LogP contribution is 2.25. The molecule has 0 bridgehead atoms. The number of nitrogens with zero attached hydrogens (tertiary/aromatic N) is 5. The van der Waals surface area contributed by atoms with Crippen molar-refractivity contribution in [2.24, 2.45) is 0 Å². The fraction of sp³-hybridized carbons (Fsp3) is 0.364. The van der Waals surface area contributed by atoms with Crippen LogP contribution in [0.15, 0.2) is 55.1 Å². The number of ether oxygens (including phenoxy) is 2. The Bertz CT molecular complexity index is 1060. The van der Waals surface area contributed by atoms with E-state index < -0.39 is 11.0 Å². The summed E-state index contributed by atoms with van der Waals surface area (Å²) in [5.41, 5.74) is 3.54. The van der Waals surface area contributed by atoms with Crippen molar-refractivity contribution < 1.29 is 29.1 Å². The molecule has 0 radical (unpaired) electrons. The molecule has 2 N–H and O–H groups in total. The molecule has 1 atom stereocenters. The third-order valence-corrected chi connectivity index (χ3v) is 5.56. The molecule has 4 heterocycles. The number of amides is 1. The average Bonchev–Trinajstić information content (AvgIpc) is 3.33. The summed E-state index contributed by atoms with van der Waals surface area (Å²) < 4.78 is 13.1. The number of carboxylic acid groups (broad SMARTS) is 1. The number of allylic oxidation sites excluding steroid dienone is 2. The molecule has 0 spiro atoms. The van der Waals surface area contributed by atoms with E-state index in [-0.39, 0.29) is 17.9 Å². The van der Waals surface area contributed by atoms with Crippen LogP contribution in [-0.4, -0.2) is 69.5 Å². The van der Waals surface area contributed by atoms with Gasteiger partial charge in [0.05, 0.1) is 0 Å². The van der Waals surface area contributed by atoms with Gasteiger partial charge in [0.15, 0.2) is 0 Å². The van der Waals surface area contributed by atoms with Crippen molar-refractivity contribution >= 4 is 17.6 Å². The Morgan fingerprint density at radius 2 is 1.97 bits per heavy atom. The Morgan fingerprint density at radius 3 is 2.54 bits per heavy atom. The number of aromatic nitrogens is 2. The zero-order valence-corrected chi connectivity index (χ0v) is 18.9.